The monoisotopic (exact) mass is 410 g/mol. The van der Waals surface area contributed by atoms with Gasteiger partial charge in [-0.3, -0.25) is 14.5 Å². The summed E-state index contributed by atoms with van der Waals surface area (Å²) in [6.07, 6.45) is 0. The summed E-state index contributed by atoms with van der Waals surface area (Å²) >= 11 is 6.21. The maximum atomic E-state index is 13.2. The van der Waals surface area contributed by atoms with Crippen LogP contribution in [0, 0.1) is 0 Å². The summed E-state index contributed by atoms with van der Waals surface area (Å²) in [6, 6.07) is 11.6. The summed E-state index contributed by atoms with van der Waals surface area (Å²) in [6.45, 7) is 0.166. The Labute approximate surface area is 170 Å². The Morgan fingerprint density at radius 3 is 2.55 bits per heavy atom. The van der Waals surface area contributed by atoms with Gasteiger partial charge in [0.2, 0.25) is 5.88 Å². The Morgan fingerprint density at radius 2 is 1.86 bits per heavy atom. The number of esters is 1. The molecule has 0 radical (unpaired) electrons. The SMILES string of the molecule is COC(=O)c1cc2cc(Cl)cc(C(=O)N3Cc4ccccc4C3=O)c2nc1OC. The fourth-order valence-electron chi connectivity index (χ4n) is 3.37. The fraction of sp³-hybridized carbons (Fsp3) is 0.143. The Morgan fingerprint density at radius 1 is 1.10 bits per heavy atom. The van der Waals surface area contributed by atoms with Gasteiger partial charge in [0.1, 0.15) is 5.56 Å². The molecule has 1 aliphatic rings. The van der Waals surface area contributed by atoms with Crippen LogP contribution in [0.4, 0.5) is 0 Å². The number of rotatable bonds is 3. The standard InChI is InChI=1S/C21H15ClN2O5/c1-28-18-16(21(27)29-2)8-12-7-13(22)9-15(17(12)23-18)20(26)24-10-11-5-3-4-6-14(11)19(24)25/h3-9H,10H2,1-2H3. The van der Waals surface area contributed by atoms with Crippen LogP contribution in [0.5, 0.6) is 5.88 Å². The van der Waals surface area contributed by atoms with Crippen LogP contribution in [0.25, 0.3) is 10.9 Å². The van der Waals surface area contributed by atoms with Crippen molar-refractivity contribution in [2.45, 2.75) is 6.54 Å². The van der Waals surface area contributed by atoms with Gasteiger partial charge in [-0.25, -0.2) is 9.78 Å². The van der Waals surface area contributed by atoms with E-state index < -0.39 is 11.9 Å². The van der Waals surface area contributed by atoms with Crippen molar-refractivity contribution in [2.75, 3.05) is 14.2 Å². The number of aromatic nitrogens is 1. The van der Waals surface area contributed by atoms with Crippen molar-refractivity contribution in [2.24, 2.45) is 0 Å². The zero-order valence-corrected chi connectivity index (χ0v) is 16.3. The number of hydrogen-bond donors (Lipinski definition) is 0. The zero-order valence-electron chi connectivity index (χ0n) is 15.6. The lowest BCUT2D eigenvalue weighted by Gasteiger charge is -2.16. The Kier molecular flexibility index (Phi) is 4.68. The number of fused-ring (bicyclic) bond motifs is 2. The maximum Gasteiger partial charge on any atom is 0.343 e. The molecular formula is C21H15ClN2O5. The van der Waals surface area contributed by atoms with Crippen molar-refractivity contribution in [3.05, 3.63) is 69.7 Å². The number of pyridine rings is 1. The van der Waals surface area contributed by atoms with E-state index in [0.29, 0.717) is 10.9 Å². The molecule has 2 aromatic carbocycles. The molecule has 0 saturated carbocycles. The van der Waals surface area contributed by atoms with Crippen LogP contribution in [0.15, 0.2) is 42.5 Å². The highest BCUT2D eigenvalue weighted by atomic mass is 35.5. The molecule has 1 aromatic heterocycles. The van der Waals surface area contributed by atoms with Crippen LogP contribution in [-0.2, 0) is 11.3 Å². The predicted molar refractivity (Wildman–Crippen MR) is 105 cm³/mol. The van der Waals surface area contributed by atoms with Gasteiger partial charge in [0.15, 0.2) is 0 Å². The molecule has 1 aliphatic heterocycles. The molecule has 146 valence electrons. The fourth-order valence-corrected chi connectivity index (χ4v) is 3.60. The van der Waals surface area contributed by atoms with E-state index in [1.807, 2.05) is 6.07 Å². The first-order valence-corrected chi connectivity index (χ1v) is 9.03. The molecule has 0 bridgehead atoms. The second kappa shape index (κ2) is 7.18. The first-order chi connectivity index (χ1) is 13.9. The van der Waals surface area contributed by atoms with E-state index in [-0.39, 0.29) is 40.0 Å². The largest absolute Gasteiger partial charge is 0.480 e. The van der Waals surface area contributed by atoms with E-state index in [2.05, 4.69) is 4.98 Å². The highest BCUT2D eigenvalue weighted by Gasteiger charge is 2.33. The third kappa shape index (κ3) is 3.09. The topological polar surface area (TPSA) is 85.8 Å². The van der Waals surface area contributed by atoms with Crippen LogP contribution < -0.4 is 4.74 Å². The first kappa shape index (κ1) is 18.9. The Hall–Kier alpha value is -3.45. The quantitative estimate of drug-likeness (QED) is 0.485. The van der Waals surface area contributed by atoms with Crippen molar-refractivity contribution in [3.63, 3.8) is 0 Å². The van der Waals surface area contributed by atoms with Crippen LogP contribution in [0.1, 0.15) is 36.6 Å². The lowest BCUT2D eigenvalue weighted by molar-refractivity contribution is 0.0593. The van der Waals surface area contributed by atoms with Crippen molar-refractivity contribution in [3.8, 4) is 5.88 Å². The number of carbonyl (C=O) groups is 3. The summed E-state index contributed by atoms with van der Waals surface area (Å²) in [7, 11) is 2.61. The number of halogens is 1. The summed E-state index contributed by atoms with van der Waals surface area (Å²) in [4.78, 5) is 43.4. The van der Waals surface area contributed by atoms with Crippen molar-refractivity contribution < 1.29 is 23.9 Å². The minimum Gasteiger partial charge on any atom is -0.480 e. The van der Waals surface area contributed by atoms with Crippen molar-refractivity contribution in [1.82, 2.24) is 9.88 Å². The number of hydrogen-bond acceptors (Lipinski definition) is 6. The van der Waals surface area contributed by atoms with Crippen LogP contribution >= 0.6 is 11.6 Å². The summed E-state index contributed by atoms with van der Waals surface area (Å²) in [5.74, 6) is -1.53. The number of carbonyl (C=O) groups excluding carboxylic acids is 3. The van der Waals surface area contributed by atoms with Crippen LogP contribution in [-0.4, -0.2) is 41.9 Å². The van der Waals surface area contributed by atoms with E-state index >= 15 is 0 Å². The normalized spacial score (nSPS) is 12.8. The minimum atomic E-state index is -0.630. The van der Waals surface area contributed by atoms with Gasteiger partial charge < -0.3 is 9.47 Å². The molecule has 0 N–H and O–H groups in total. The van der Waals surface area contributed by atoms with Gasteiger partial charge in [-0.05, 0) is 29.8 Å². The van der Waals surface area contributed by atoms with E-state index in [4.69, 9.17) is 21.1 Å². The summed E-state index contributed by atoms with van der Waals surface area (Å²) < 4.78 is 9.96. The van der Waals surface area contributed by atoms with E-state index in [9.17, 15) is 14.4 Å². The number of imide groups is 1. The van der Waals surface area contributed by atoms with Gasteiger partial charge in [-0.2, -0.15) is 0 Å². The van der Waals surface area contributed by atoms with Gasteiger partial charge >= 0.3 is 5.97 Å². The number of amides is 2. The van der Waals surface area contributed by atoms with Gasteiger partial charge in [0.05, 0.1) is 31.8 Å². The Balaban J connectivity index is 1.85. The average Bonchev–Trinajstić information content (AvgIpc) is 3.07. The van der Waals surface area contributed by atoms with Gasteiger partial charge in [0, 0.05) is 16.0 Å². The molecule has 0 aliphatic carbocycles. The smallest absolute Gasteiger partial charge is 0.343 e. The third-order valence-electron chi connectivity index (χ3n) is 4.74. The molecule has 0 fully saturated rings. The van der Waals surface area contributed by atoms with Crippen molar-refractivity contribution >= 4 is 40.3 Å². The number of ether oxygens (including phenoxy) is 2. The molecule has 2 heterocycles. The molecule has 8 heteroatoms. The lowest BCUT2D eigenvalue weighted by Crippen LogP contribution is -2.31. The molecule has 0 unspecified atom stereocenters. The van der Waals surface area contributed by atoms with Gasteiger partial charge in [0.25, 0.3) is 11.8 Å². The molecule has 0 atom stereocenters. The number of nitrogens with zero attached hydrogens (tertiary/aromatic N) is 2. The van der Waals surface area contributed by atoms with Crippen molar-refractivity contribution in [1.29, 1.82) is 0 Å². The van der Waals surface area contributed by atoms with Crippen LogP contribution in [0.2, 0.25) is 5.02 Å². The van der Waals surface area contributed by atoms with Gasteiger partial charge in [-0.15, -0.1) is 0 Å². The summed E-state index contributed by atoms with van der Waals surface area (Å²) in [5.41, 5.74) is 1.78. The molecule has 0 spiro atoms. The van der Waals surface area contributed by atoms with E-state index in [0.717, 1.165) is 10.5 Å². The summed E-state index contributed by atoms with van der Waals surface area (Å²) in [5, 5.41) is 0.721. The van der Waals surface area contributed by atoms with Gasteiger partial charge in [-0.1, -0.05) is 29.8 Å². The number of methoxy groups -OCH3 is 2. The highest BCUT2D eigenvalue weighted by Crippen LogP contribution is 2.31. The molecule has 2 amide bonds. The number of benzene rings is 2. The van der Waals surface area contributed by atoms with E-state index in [1.165, 1.54) is 26.4 Å². The predicted octanol–water partition coefficient (Wildman–Crippen LogP) is 3.48. The second-order valence-electron chi connectivity index (χ2n) is 6.42. The zero-order chi connectivity index (χ0) is 20.7. The minimum absolute atomic E-state index is 0.0109. The maximum absolute atomic E-state index is 13.2. The first-order valence-electron chi connectivity index (χ1n) is 8.65. The molecule has 0 saturated heterocycles. The molecule has 3 aromatic rings. The average molecular weight is 411 g/mol. The second-order valence-corrected chi connectivity index (χ2v) is 6.85. The van der Waals surface area contributed by atoms with Crippen LogP contribution in [0.3, 0.4) is 0 Å². The molecule has 7 nitrogen and oxygen atoms in total. The Bertz CT molecular complexity index is 1190. The lowest BCUT2D eigenvalue weighted by atomic mass is 10.1. The molecule has 4 rings (SSSR count). The third-order valence-corrected chi connectivity index (χ3v) is 4.96. The molecule has 29 heavy (non-hydrogen) atoms. The van der Waals surface area contributed by atoms with E-state index in [1.54, 1.807) is 24.3 Å². The molecular weight excluding hydrogens is 396 g/mol. The highest BCUT2D eigenvalue weighted by molar-refractivity contribution is 6.32.